The number of hydrogen-bond acceptors (Lipinski definition) is 3. The van der Waals surface area contributed by atoms with Crippen LogP contribution in [0.3, 0.4) is 0 Å². The fraction of sp³-hybridized carbons (Fsp3) is 0.576. The van der Waals surface area contributed by atoms with Crippen LogP contribution in [-0.4, -0.2) is 53.8 Å². The Balaban J connectivity index is 1.33. The van der Waals surface area contributed by atoms with Crippen molar-refractivity contribution in [2.45, 2.75) is 82.7 Å². The highest BCUT2D eigenvalue weighted by Gasteiger charge is 2.54. The van der Waals surface area contributed by atoms with Crippen LogP contribution in [0.5, 0.6) is 0 Å². The number of likely N-dealkylation sites (tertiary alicyclic amines) is 1. The van der Waals surface area contributed by atoms with E-state index in [9.17, 15) is 9.59 Å². The lowest BCUT2D eigenvalue weighted by Crippen LogP contribution is -2.58. The number of piperidine rings is 1. The molecular weight excluding hydrogens is 470 g/mol. The standard InChI is InChI=1S/C33H43N3O2/c1-23-13-14-29-28(17-23)20-35(24(2)37)22-33(29)21-34-19-30(33)32(38)36-16-15-27(25-9-5-3-6-10-25)18-31(36)26-11-7-4-8-12-26/h3,5-6,9-10,13-14,17,26-27,30-31,34H,4,7-8,11-12,15-16,18-22H2,1-2H3/t27-,30?,31+,33-/m1/s1. The Bertz CT molecular complexity index is 1170. The Kier molecular flexibility index (Phi) is 7.07. The molecule has 0 radical (unpaired) electrons. The number of hydrogen-bond donors (Lipinski definition) is 1. The number of benzene rings is 2. The first-order valence-electron chi connectivity index (χ1n) is 14.9. The van der Waals surface area contributed by atoms with Crippen molar-refractivity contribution >= 4 is 11.8 Å². The highest BCUT2D eigenvalue weighted by atomic mass is 16.2. The van der Waals surface area contributed by atoms with Crippen LogP contribution in [0.4, 0.5) is 0 Å². The Hall–Kier alpha value is -2.66. The molecule has 5 heteroatoms. The minimum atomic E-state index is -0.364. The van der Waals surface area contributed by atoms with Crippen molar-refractivity contribution in [1.82, 2.24) is 15.1 Å². The first-order chi connectivity index (χ1) is 18.5. The van der Waals surface area contributed by atoms with Gasteiger partial charge in [-0.1, -0.05) is 73.4 Å². The van der Waals surface area contributed by atoms with Gasteiger partial charge in [-0.2, -0.15) is 0 Å². The van der Waals surface area contributed by atoms with Gasteiger partial charge in [-0.3, -0.25) is 9.59 Å². The van der Waals surface area contributed by atoms with E-state index in [2.05, 4.69) is 65.7 Å². The third-order valence-corrected chi connectivity index (χ3v) is 10.2. The van der Waals surface area contributed by atoms with E-state index >= 15 is 0 Å². The molecular formula is C33H43N3O2. The molecule has 38 heavy (non-hydrogen) atoms. The van der Waals surface area contributed by atoms with Gasteiger partial charge in [0.05, 0.1) is 5.92 Å². The zero-order chi connectivity index (χ0) is 26.3. The molecule has 0 bridgehead atoms. The van der Waals surface area contributed by atoms with Crippen molar-refractivity contribution in [2.24, 2.45) is 11.8 Å². The summed E-state index contributed by atoms with van der Waals surface area (Å²) in [5.41, 5.74) is 4.75. The molecule has 1 spiro atoms. The van der Waals surface area contributed by atoms with E-state index in [1.807, 2.05) is 4.90 Å². The molecule has 1 unspecified atom stereocenters. The molecule has 2 aromatic rings. The lowest BCUT2D eigenvalue weighted by molar-refractivity contribution is -0.144. The van der Waals surface area contributed by atoms with Gasteiger partial charge in [0.2, 0.25) is 11.8 Å². The van der Waals surface area contributed by atoms with Crippen LogP contribution in [-0.2, 0) is 21.5 Å². The molecule has 0 aromatic heterocycles. The molecule has 202 valence electrons. The van der Waals surface area contributed by atoms with Gasteiger partial charge in [0.25, 0.3) is 0 Å². The molecule has 2 amide bonds. The molecule has 3 heterocycles. The summed E-state index contributed by atoms with van der Waals surface area (Å²) in [6.45, 7) is 7.32. The van der Waals surface area contributed by atoms with Crippen LogP contribution < -0.4 is 5.32 Å². The molecule has 4 aliphatic rings. The summed E-state index contributed by atoms with van der Waals surface area (Å²) in [4.78, 5) is 31.6. The summed E-state index contributed by atoms with van der Waals surface area (Å²) in [7, 11) is 0. The number of amides is 2. The summed E-state index contributed by atoms with van der Waals surface area (Å²) in [6.07, 6.45) is 8.48. The van der Waals surface area contributed by atoms with E-state index in [0.29, 0.717) is 43.4 Å². The molecule has 5 nitrogen and oxygen atoms in total. The van der Waals surface area contributed by atoms with Crippen molar-refractivity contribution < 1.29 is 9.59 Å². The van der Waals surface area contributed by atoms with E-state index in [0.717, 1.165) is 25.9 Å². The summed E-state index contributed by atoms with van der Waals surface area (Å²) in [5.74, 6) is 1.38. The van der Waals surface area contributed by atoms with E-state index in [1.165, 1.54) is 54.4 Å². The lowest BCUT2D eigenvalue weighted by Gasteiger charge is -2.49. The first-order valence-corrected chi connectivity index (χ1v) is 14.9. The van der Waals surface area contributed by atoms with Crippen LogP contribution >= 0.6 is 0 Å². The first kappa shape index (κ1) is 25.6. The van der Waals surface area contributed by atoms with Crippen LogP contribution in [0, 0.1) is 18.8 Å². The van der Waals surface area contributed by atoms with E-state index < -0.39 is 0 Å². The SMILES string of the molecule is CC(=O)N1Cc2cc(C)ccc2[C@@]2(CNCC2C(=O)N2CC[C@@H](c3ccccc3)C[C@H]2C2CCCCC2)C1. The van der Waals surface area contributed by atoms with Crippen molar-refractivity contribution in [1.29, 1.82) is 0 Å². The van der Waals surface area contributed by atoms with Crippen molar-refractivity contribution in [3.8, 4) is 0 Å². The van der Waals surface area contributed by atoms with Gasteiger partial charge in [0.1, 0.15) is 0 Å². The van der Waals surface area contributed by atoms with E-state index in [-0.39, 0.29) is 17.2 Å². The van der Waals surface area contributed by atoms with E-state index in [4.69, 9.17) is 0 Å². The maximum Gasteiger partial charge on any atom is 0.228 e. The second kappa shape index (κ2) is 10.5. The molecule has 6 rings (SSSR count). The second-order valence-electron chi connectivity index (χ2n) is 12.5. The number of carbonyl (C=O) groups excluding carboxylic acids is 2. The Morgan fingerprint density at radius 2 is 1.79 bits per heavy atom. The van der Waals surface area contributed by atoms with Crippen LogP contribution in [0.1, 0.15) is 80.0 Å². The maximum atomic E-state index is 14.7. The minimum Gasteiger partial charge on any atom is -0.339 e. The highest BCUT2D eigenvalue weighted by Crippen LogP contribution is 2.46. The third-order valence-electron chi connectivity index (χ3n) is 10.2. The van der Waals surface area contributed by atoms with Crippen molar-refractivity contribution in [2.75, 3.05) is 26.2 Å². The van der Waals surface area contributed by atoms with Crippen LogP contribution in [0.15, 0.2) is 48.5 Å². The van der Waals surface area contributed by atoms with Crippen LogP contribution in [0.2, 0.25) is 0 Å². The van der Waals surface area contributed by atoms with Gasteiger partial charge < -0.3 is 15.1 Å². The number of carbonyl (C=O) groups is 2. The van der Waals surface area contributed by atoms with E-state index in [1.54, 1.807) is 6.92 Å². The predicted octanol–water partition coefficient (Wildman–Crippen LogP) is 5.17. The number of fused-ring (bicyclic) bond motifs is 2. The largest absolute Gasteiger partial charge is 0.339 e. The van der Waals surface area contributed by atoms with Gasteiger partial charge >= 0.3 is 0 Å². The Morgan fingerprint density at radius 3 is 2.55 bits per heavy atom. The molecule has 1 aliphatic carbocycles. The molecule has 4 atom stereocenters. The molecule has 3 aliphatic heterocycles. The molecule has 2 saturated heterocycles. The maximum absolute atomic E-state index is 14.7. The lowest BCUT2D eigenvalue weighted by atomic mass is 9.67. The normalized spacial score (nSPS) is 29.9. The zero-order valence-electron chi connectivity index (χ0n) is 23.1. The summed E-state index contributed by atoms with van der Waals surface area (Å²) >= 11 is 0. The average molecular weight is 514 g/mol. The topological polar surface area (TPSA) is 52.7 Å². The fourth-order valence-corrected chi connectivity index (χ4v) is 8.24. The number of aryl methyl sites for hydroxylation is 1. The minimum absolute atomic E-state index is 0.0957. The average Bonchev–Trinajstić information content (AvgIpc) is 3.36. The van der Waals surface area contributed by atoms with Crippen molar-refractivity contribution in [3.63, 3.8) is 0 Å². The van der Waals surface area contributed by atoms with Gasteiger partial charge in [0, 0.05) is 51.1 Å². The quantitative estimate of drug-likeness (QED) is 0.616. The summed E-state index contributed by atoms with van der Waals surface area (Å²) in [5, 5.41) is 3.61. The van der Waals surface area contributed by atoms with Crippen LogP contribution in [0.25, 0.3) is 0 Å². The number of rotatable bonds is 3. The fourth-order valence-electron chi connectivity index (χ4n) is 8.24. The number of nitrogens with zero attached hydrogens (tertiary/aromatic N) is 2. The molecule has 2 aromatic carbocycles. The van der Waals surface area contributed by atoms with Gasteiger partial charge in [-0.15, -0.1) is 0 Å². The molecule has 3 fully saturated rings. The summed E-state index contributed by atoms with van der Waals surface area (Å²) in [6, 6.07) is 17.9. The Morgan fingerprint density at radius 1 is 1.00 bits per heavy atom. The van der Waals surface area contributed by atoms with Gasteiger partial charge in [-0.05, 0) is 61.1 Å². The second-order valence-corrected chi connectivity index (χ2v) is 12.5. The highest BCUT2D eigenvalue weighted by molar-refractivity contribution is 5.83. The zero-order valence-corrected chi connectivity index (χ0v) is 23.1. The van der Waals surface area contributed by atoms with Gasteiger partial charge in [-0.25, -0.2) is 0 Å². The number of nitrogens with one attached hydrogen (secondary N) is 1. The molecule has 1 N–H and O–H groups in total. The third kappa shape index (κ3) is 4.57. The predicted molar refractivity (Wildman–Crippen MR) is 151 cm³/mol. The summed E-state index contributed by atoms with van der Waals surface area (Å²) < 4.78 is 0. The van der Waals surface area contributed by atoms with Crippen molar-refractivity contribution in [3.05, 3.63) is 70.8 Å². The monoisotopic (exact) mass is 513 g/mol. The Labute approximate surface area is 228 Å². The van der Waals surface area contributed by atoms with Gasteiger partial charge in [0.15, 0.2) is 0 Å². The smallest absolute Gasteiger partial charge is 0.228 e. The molecule has 1 saturated carbocycles.